The maximum absolute atomic E-state index is 6.13. The number of nitrogens with two attached hydrogens (primary N) is 1. The van der Waals surface area contributed by atoms with Crippen LogP contribution in [0.2, 0.25) is 10.0 Å². The lowest BCUT2D eigenvalue weighted by atomic mass is 10.3. The quantitative estimate of drug-likeness (QED) is 0.572. The Kier molecular flexibility index (Phi) is 5.04. The molecule has 5 nitrogen and oxygen atoms in total. The third kappa shape index (κ3) is 3.32. The molecule has 0 amide bonds. The van der Waals surface area contributed by atoms with Gasteiger partial charge in [0.15, 0.2) is 5.82 Å². The van der Waals surface area contributed by atoms with E-state index in [4.69, 9.17) is 29.0 Å². The predicted molar refractivity (Wildman–Crippen MR) is 85.6 cm³/mol. The van der Waals surface area contributed by atoms with E-state index in [-0.39, 0.29) is 6.04 Å². The van der Waals surface area contributed by atoms with Gasteiger partial charge in [0.25, 0.3) is 0 Å². The second-order valence-electron chi connectivity index (χ2n) is 4.18. The van der Waals surface area contributed by atoms with Gasteiger partial charge in [-0.2, -0.15) is 0 Å². The molecule has 2 heterocycles. The van der Waals surface area contributed by atoms with Gasteiger partial charge in [0.2, 0.25) is 0 Å². The molecule has 4 N–H and O–H groups in total. The van der Waals surface area contributed by atoms with Crippen LogP contribution in [0.1, 0.15) is 29.8 Å². The second-order valence-corrected chi connectivity index (χ2v) is 6.14. The molecular formula is C12H15Cl2N5S. The van der Waals surface area contributed by atoms with Gasteiger partial charge in [-0.1, -0.05) is 30.1 Å². The number of nitrogens with zero attached hydrogens (tertiary/aromatic N) is 2. The third-order valence-electron chi connectivity index (χ3n) is 2.71. The summed E-state index contributed by atoms with van der Waals surface area (Å²) < 4.78 is 0. The Balaban J connectivity index is 2.20. The van der Waals surface area contributed by atoms with E-state index in [2.05, 4.69) is 27.6 Å². The summed E-state index contributed by atoms with van der Waals surface area (Å²) in [6, 6.07) is 1.59. The number of hydrogen-bond donors (Lipinski definition) is 3. The summed E-state index contributed by atoms with van der Waals surface area (Å²) in [5.74, 6) is 6.25. The first kappa shape index (κ1) is 15.3. The highest BCUT2D eigenvalue weighted by molar-refractivity contribution is 7.11. The summed E-state index contributed by atoms with van der Waals surface area (Å²) in [7, 11) is 0. The highest BCUT2D eigenvalue weighted by atomic mass is 35.5. The molecule has 20 heavy (non-hydrogen) atoms. The standard InChI is InChI=1S/C12H15Cl2N5S/c1-3-7-5-16-12(20-7)6(2)17-10-8(13)4-9(14)11(18-10)19-15/h4-6H,3,15H2,1-2H3,(H2,17,18,19). The van der Waals surface area contributed by atoms with Crippen molar-refractivity contribution < 1.29 is 0 Å². The Labute approximate surface area is 131 Å². The number of hydrogen-bond acceptors (Lipinski definition) is 6. The van der Waals surface area contributed by atoms with Crippen LogP contribution in [0.4, 0.5) is 11.6 Å². The van der Waals surface area contributed by atoms with Crippen molar-refractivity contribution in [2.75, 3.05) is 10.7 Å². The van der Waals surface area contributed by atoms with Crippen LogP contribution in [-0.4, -0.2) is 9.97 Å². The molecule has 0 aromatic carbocycles. The molecule has 1 unspecified atom stereocenters. The lowest BCUT2D eigenvalue weighted by Gasteiger charge is -2.14. The number of thiazole rings is 1. The van der Waals surface area contributed by atoms with Crippen molar-refractivity contribution in [3.05, 3.63) is 32.2 Å². The fraction of sp³-hybridized carbons (Fsp3) is 0.333. The molecule has 0 aliphatic carbocycles. The first-order valence-electron chi connectivity index (χ1n) is 6.09. The number of aromatic nitrogens is 2. The molecule has 108 valence electrons. The zero-order valence-corrected chi connectivity index (χ0v) is 13.4. The first-order valence-corrected chi connectivity index (χ1v) is 7.66. The topological polar surface area (TPSA) is 75.9 Å². The van der Waals surface area contributed by atoms with Crippen LogP contribution in [0.3, 0.4) is 0 Å². The number of pyridine rings is 1. The molecule has 0 radical (unpaired) electrons. The van der Waals surface area contributed by atoms with E-state index in [0.29, 0.717) is 21.7 Å². The minimum Gasteiger partial charge on any atom is -0.360 e. The molecule has 0 saturated carbocycles. The second kappa shape index (κ2) is 6.58. The molecule has 2 aromatic rings. The highest BCUT2D eigenvalue weighted by Crippen LogP contribution is 2.31. The number of anilines is 2. The minimum atomic E-state index is -0.00269. The van der Waals surface area contributed by atoms with Crippen LogP contribution < -0.4 is 16.6 Å². The fourth-order valence-electron chi connectivity index (χ4n) is 1.62. The Hall–Kier alpha value is -1.08. The van der Waals surface area contributed by atoms with Crippen molar-refractivity contribution >= 4 is 46.2 Å². The van der Waals surface area contributed by atoms with E-state index >= 15 is 0 Å². The number of rotatable bonds is 5. The van der Waals surface area contributed by atoms with Gasteiger partial charge >= 0.3 is 0 Å². The van der Waals surface area contributed by atoms with Gasteiger partial charge in [-0.05, 0) is 19.4 Å². The highest BCUT2D eigenvalue weighted by Gasteiger charge is 2.14. The van der Waals surface area contributed by atoms with Crippen LogP contribution in [0.25, 0.3) is 0 Å². The Morgan fingerprint density at radius 3 is 2.65 bits per heavy atom. The van der Waals surface area contributed by atoms with Gasteiger partial charge in [-0.25, -0.2) is 15.8 Å². The van der Waals surface area contributed by atoms with Gasteiger partial charge < -0.3 is 10.7 Å². The average molecular weight is 332 g/mol. The van der Waals surface area contributed by atoms with E-state index < -0.39 is 0 Å². The summed E-state index contributed by atoms with van der Waals surface area (Å²) in [5.41, 5.74) is 2.43. The Bertz CT molecular complexity index is 602. The SMILES string of the molecule is CCc1cnc(C(C)Nc2nc(NN)c(Cl)cc2Cl)s1. The predicted octanol–water partition coefficient (Wildman–Crippen LogP) is 3.87. The number of halogens is 2. The molecule has 0 fully saturated rings. The van der Waals surface area contributed by atoms with E-state index in [1.807, 2.05) is 13.1 Å². The number of nitrogen functional groups attached to an aromatic ring is 1. The van der Waals surface area contributed by atoms with Crippen molar-refractivity contribution in [1.29, 1.82) is 0 Å². The first-order chi connectivity index (χ1) is 9.55. The van der Waals surface area contributed by atoms with Gasteiger partial charge in [0.05, 0.1) is 16.1 Å². The van der Waals surface area contributed by atoms with E-state index in [9.17, 15) is 0 Å². The lowest BCUT2D eigenvalue weighted by Crippen LogP contribution is -2.12. The lowest BCUT2D eigenvalue weighted by molar-refractivity contribution is 0.860. The molecular weight excluding hydrogens is 317 g/mol. The number of aryl methyl sites for hydroxylation is 1. The van der Waals surface area contributed by atoms with Crippen molar-refractivity contribution in [2.24, 2.45) is 5.84 Å². The van der Waals surface area contributed by atoms with Crippen molar-refractivity contribution in [3.8, 4) is 0 Å². The Morgan fingerprint density at radius 2 is 2.05 bits per heavy atom. The normalized spacial score (nSPS) is 12.2. The minimum absolute atomic E-state index is 0.00269. The van der Waals surface area contributed by atoms with Crippen LogP contribution in [0.5, 0.6) is 0 Å². The average Bonchev–Trinajstić information content (AvgIpc) is 2.90. The fourth-order valence-corrected chi connectivity index (χ4v) is 2.95. The van der Waals surface area contributed by atoms with Crippen LogP contribution >= 0.6 is 34.5 Å². The van der Waals surface area contributed by atoms with Crippen LogP contribution in [-0.2, 0) is 6.42 Å². The molecule has 0 saturated heterocycles. The molecule has 0 bridgehead atoms. The number of hydrazine groups is 1. The largest absolute Gasteiger partial charge is 0.360 e. The molecule has 2 rings (SSSR count). The van der Waals surface area contributed by atoms with Crippen LogP contribution in [0.15, 0.2) is 12.3 Å². The van der Waals surface area contributed by atoms with E-state index in [1.54, 1.807) is 17.4 Å². The van der Waals surface area contributed by atoms with Crippen molar-refractivity contribution in [3.63, 3.8) is 0 Å². The van der Waals surface area contributed by atoms with Crippen LogP contribution in [0, 0.1) is 0 Å². The molecule has 8 heteroatoms. The zero-order valence-electron chi connectivity index (χ0n) is 11.1. The molecule has 2 aromatic heterocycles. The summed E-state index contributed by atoms with van der Waals surface area (Å²) in [6.07, 6.45) is 2.87. The maximum Gasteiger partial charge on any atom is 0.161 e. The Morgan fingerprint density at radius 1 is 1.35 bits per heavy atom. The van der Waals surface area contributed by atoms with Crippen molar-refractivity contribution in [1.82, 2.24) is 9.97 Å². The molecule has 0 spiro atoms. The van der Waals surface area contributed by atoms with E-state index in [0.717, 1.165) is 11.4 Å². The molecule has 0 aliphatic heterocycles. The zero-order chi connectivity index (χ0) is 14.7. The van der Waals surface area contributed by atoms with Gasteiger partial charge in [-0.15, -0.1) is 11.3 Å². The summed E-state index contributed by atoms with van der Waals surface area (Å²) in [4.78, 5) is 9.88. The summed E-state index contributed by atoms with van der Waals surface area (Å²) in [5, 5.41) is 5.01. The molecule has 0 aliphatic rings. The monoisotopic (exact) mass is 331 g/mol. The van der Waals surface area contributed by atoms with Gasteiger partial charge in [-0.3, -0.25) is 0 Å². The smallest absolute Gasteiger partial charge is 0.161 e. The van der Waals surface area contributed by atoms with Crippen molar-refractivity contribution in [2.45, 2.75) is 26.3 Å². The third-order valence-corrected chi connectivity index (χ3v) is 4.61. The van der Waals surface area contributed by atoms with Gasteiger partial charge in [0, 0.05) is 11.1 Å². The summed E-state index contributed by atoms with van der Waals surface area (Å²) in [6.45, 7) is 4.10. The van der Waals surface area contributed by atoms with E-state index in [1.165, 1.54) is 4.88 Å². The maximum atomic E-state index is 6.13. The summed E-state index contributed by atoms with van der Waals surface area (Å²) >= 11 is 13.7. The van der Waals surface area contributed by atoms with Gasteiger partial charge in [0.1, 0.15) is 10.8 Å². The molecule has 1 atom stereocenters. The number of nitrogens with one attached hydrogen (secondary N) is 2.